The zero-order valence-electron chi connectivity index (χ0n) is 16.3. The van der Waals surface area contributed by atoms with Gasteiger partial charge in [0.2, 0.25) is 10.0 Å². The number of rotatable bonds is 8. The van der Waals surface area contributed by atoms with Gasteiger partial charge >= 0.3 is 0 Å². The van der Waals surface area contributed by atoms with Gasteiger partial charge in [0.25, 0.3) is 5.91 Å². The Hall–Kier alpha value is -1.24. The van der Waals surface area contributed by atoms with Gasteiger partial charge < -0.3 is 10.2 Å². The van der Waals surface area contributed by atoms with Crippen molar-refractivity contribution in [1.29, 1.82) is 0 Å². The smallest absolute Gasteiger partial charge is 0.255 e. The predicted molar refractivity (Wildman–Crippen MR) is 112 cm³/mol. The molecule has 0 bridgehead atoms. The number of hydrazine groups is 2. The molecule has 0 fully saturated rings. The molecule has 0 aromatic rings. The first-order chi connectivity index (χ1) is 12.0. The van der Waals surface area contributed by atoms with E-state index in [1.54, 1.807) is 14.0 Å². The van der Waals surface area contributed by atoms with Gasteiger partial charge in [0.1, 0.15) is 5.75 Å². The zero-order valence-corrected chi connectivity index (χ0v) is 18.7. The third kappa shape index (κ3) is 7.17. The lowest BCUT2D eigenvalue weighted by Crippen LogP contribution is -2.55. The summed E-state index contributed by atoms with van der Waals surface area (Å²) in [4.78, 5) is 14.1. The van der Waals surface area contributed by atoms with E-state index in [-0.39, 0.29) is 11.7 Å². The fourth-order valence-corrected chi connectivity index (χ4v) is 4.17. The molecule has 2 N–H and O–H groups in total. The maximum absolute atomic E-state index is 12.6. The Morgan fingerprint density at radius 2 is 1.54 bits per heavy atom. The first-order valence-electron chi connectivity index (χ1n) is 8.39. The minimum atomic E-state index is -3.90. The molecule has 0 atom stereocenters. The lowest BCUT2D eigenvalue weighted by molar-refractivity contribution is -0.121. The van der Waals surface area contributed by atoms with Crippen molar-refractivity contribution in [2.75, 3.05) is 46.0 Å². The van der Waals surface area contributed by atoms with Crippen LogP contribution in [0.5, 0.6) is 0 Å². The minimum absolute atomic E-state index is 0.144. The quantitative estimate of drug-likeness (QED) is 0.410. The molecule has 0 radical (unpaired) electrons. The fourth-order valence-electron chi connectivity index (χ4n) is 2.18. The number of amides is 1. The summed E-state index contributed by atoms with van der Waals surface area (Å²) in [5.74, 6) is -1.39. The Bertz CT molecular complexity index is 595. The normalized spacial score (nSPS) is 11.0. The van der Waals surface area contributed by atoms with Crippen molar-refractivity contribution in [3.8, 4) is 0 Å². The van der Waals surface area contributed by atoms with Gasteiger partial charge in [-0.2, -0.15) is 0 Å². The fraction of sp³-hybridized carbons (Fsp3) is 0.786. The first kappa shape index (κ1) is 24.8. The number of sulfonamides is 1. The molecule has 0 heterocycles. The number of thiocarbonyl (C=S) groups is 2. The molecule has 26 heavy (non-hydrogen) atoms. The molecular formula is C14H30N6O3S3. The number of carbonyl (C=O) groups excluding carboxylic acids is 1. The van der Waals surface area contributed by atoms with E-state index in [0.29, 0.717) is 24.7 Å². The molecule has 0 spiro atoms. The van der Waals surface area contributed by atoms with Crippen LogP contribution in [0, 0.1) is 0 Å². The Morgan fingerprint density at radius 1 is 1.00 bits per heavy atom. The van der Waals surface area contributed by atoms with Gasteiger partial charge in [-0.3, -0.25) is 20.2 Å². The highest BCUT2D eigenvalue weighted by molar-refractivity contribution is 7.89. The molecule has 9 nitrogen and oxygen atoms in total. The summed E-state index contributed by atoms with van der Waals surface area (Å²) in [6.07, 6.45) is 0. The molecule has 0 unspecified atom stereocenters. The maximum Gasteiger partial charge on any atom is 0.255 e. The van der Waals surface area contributed by atoms with Crippen molar-refractivity contribution in [1.82, 2.24) is 30.1 Å². The number of nitrogens with one attached hydrogen (secondary N) is 2. The van der Waals surface area contributed by atoms with Gasteiger partial charge in [-0.1, -0.05) is 0 Å². The Morgan fingerprint density at radius 3 is 1.96 bits per heavy atom. The van der Waals surface area contributed by atoms with Gasteiger partial charge in [0.05, 0.1) is 0 Å². The third-order valence-corrected chi connectivity index (χ3v) is 6.19. The topological polar surface area (TPSA) is 88.2 Å². The van der Waals surface area contributed by atoms with Crippen LogP contribution in [0.25, 0.3) is 0 Å². The largest absolute Gasteiger partial charge is 0.362 e. The van der Waals surface area contributed by atoms with Crippen molar-refractivity contribution < 1.29 is 13.2 Å². The molecule has 0 saturated heterocycles. The van der Waals surface area contributed by atoms with Crippen LogP contribution in [-0.2, 0) is 14.8 Å². The summed E-state index contributed by atoms with van der Waals surface area (Å²) in [5, 5.41) is 6.22. The van der Waals surface area contributed by atoms with Crippen LogP contribution >= 0.6 is 24.4 Å². The van der Waals surface area contributed by atoms with Crippen LogP contribution in [-0.4, -0.2) is 89.9 Å². The van der Waals surface area contributed by atoms with E-state index >= 15 is 0 Å². The van der Waals surface area contributed by atoms with Crippen molar-refractivity contribution in [3.63, 3.8) is 0 Å². The SMILES string of the molecule is CCNC(=S)N(C)N(CC)S(=O)(=O)CC(=O)NN(C)C(=S)N(CC)CC. The van der Waals surface area contributed by atoms with Gasteiger partial charge in [0.15, 0.2) is 10.2 Å². The van der Waals surface area contributed by atoms with E-state index in [0.717, 1.165) is 4.41 Å². The Balaban J connectivity index is 5.03. The van der Waals surface area contributed by atoms with E-state index in [2.05, 4.69) is 10.7 Å². The van der Waals surface area contributed by atoms with E-state index in [1.807, 2.05) is 25.7 Å². The highest BCUT2D eigenvalue weighted by atomic mass is 32.2. The highest BCUT2D eigenvalue weighted by Crippen LogP contribution is 2.06. The van der Waals surface area contributed by atoms with Gasteiger partial charge in [-0.25, -0.2) is 8.42 Å². The molecule has 0 aliphatic carbocycles. The van der Waals surface area contributed by atoms with E-state index < -0.39 is 21.7 Å². The summed E-state index contributed by atoms with van der Waals surface area (Å²) in [6, 6.07) is 0. The van der Waals surface area contributed by atoms with Crippen LogP contribution in [0.15, 0.2) is 0 Å². The molecule has 0 rings (SSSR count). The molecule has 0 aromatic heterocycles. The average Bonchev–Trinajstić information content (AvgIpc) is 2.55. The third-order valence-electron chi connectivity index (χ3n) is 3.47. The zero-order chi connectivity index (χ0) is 20.5. The summed E-state index contributed by atoms with van der Waals surface area (Å²) >= 11 is 10.4. The Kier molecular flexibility index (Phi) is 10.9. The summed E-state index contributed by atoms with van der Waals surface area (Å²) < 4.78 is 26.2. The van der Waals surface area contributed by atoms with Crippen molar-refractivity contribution in [2.24, 2.45) is 0 Å². The minimum Gasteiger partial charge on any atom is -0.362 e. The standard InChI is InChI=1S/C14H30N6O3S3/c1-7-15-13(24)18(6)20(10-4)26(22,23)11-12(21)16-17(5)14(25)19(8-2)9-3/h7-11H2,1-6H3,(H,15,24)(H,16,21). The molecule has 0 saturated carbocycles. The number of nitrogens with zero attached hydrogens (tertiary/aromatic N) is 4. The molecule has 12 heteroatoms. The molecule has 0 aliphatic heterocycles. The molecule has 152 valence electrons. The van der Waals surface area contributed by atoms with Crippen molar-refractivity contribution in [3.05, 3.63) is 0 Å². The molecule has 0 aliphatic rings. The summed E-state index contributed by atoms with van der Waals surface area (Å²) in [6.45, 7) is 9.49. The number of carbonyl (C=O) groups is 1. The van der Waals surface area contributed by atoms with Gasteiger partial charge in [-0.15, -0.1) is 4.41 Å². The second-order valence-corrected chi connectivity index (χ2v) is 7.93. The molecule has 1 amide bonds. The molecule has 0 aromatic carbocycles. The number of hydrogen-bond donors (Lipinski definition) is 2. The maximum atomic E-state index is 12.6. The predicted octanol–water partition coefficient (Wildman–Crippen LogP) is -0.0310. The molecular weight excluding hydrogens is 396 g/mol. The second kappa shape index (κ2) is 11.5. The summed E-state index contributed by atoms with van der Waals surface area (Å²) in [5.41, 5.74) is 2.50. The lowest BCUT2D eigenvalue weighted by atomic mass is 10.5. The van der Waals surface area contributed by atoms with Crippen LogP contribution in [0.2, 0.25) is 0 Å². The summed E-state index contributed by atoms with van der Waals surface area (Å²) in [7, 11) is -0.789. The van der Waals surface area contributed by atoms with E-state index in [4.69, 9.17) is 24.4 Å². The average molecular weight is 427 g/mol. The van der Waals surface area contributed by atoms with Crippen LogP contribution in [0.3, 0.4) is 0 Å². The van der Waals surface area contributed by atoms with Crippen LogP contribution < -0.4 is 10.7 Å². The van der Waals surface area contributed by atoms with Crippen LogP contribution in [0.1, 0.15) is 27.7 Å². The van der Waals surface area contributed by atoms with Crippen molar-refractivity contribution >= 4 is 50.6 Å². The first-order valence-corrected chi connectivity index (χ1v) is 10.8. The van der Waals surface area contributed by atoms with Crippen LogP contribution in [0.4, 0.5) is 0 Å². The number of hydrogen-bond acceptors (Lipinski definition) is 5. The van der Waals surface area contributed by atoms with E-state index in [9.17, 15) is 13.2 Å². The lowest BCUT2D eigenvalue weighted by Gasteiger charge is -2.32. The second-order valence-electron chi connectivity index (χ2n) is 5.30. The van der Waals surface area contributed by atoms with Crippen molar-refractivity contribution in [2.45, 2.75) is 27.7 Å². The highest BCUT2D eigenvalue weighted by Gasteiger charge is 2.29. The van der Waals surface area contributed by atoms with Gasteiger partial charge in [0, 0.05) is 40.3 Å². The van der Waals surface area contributed by atoms with E-state index in [1.165, 1.54) is 17.1 Å². The Labute approximate surface area is 167 Å². The van der Waals surface area contributed by atoms with Gasteiger partial charge in [-0.05, 0) is 52.1 Å². The monoisotopic (exact) mass is 426 g/mol.